The molecule has 1 unspecified atom stereocenters. The summed E-state index contributed by atoms with van der Waals surface area (Å²) in [5, 5.41) is 0. The van der Waals surface area contributed by atoms with Crippen LogP contribution in [0.5, 0.6) is 0 Å². The van der Waals surface area contributed by atoms with Gasteiger partial charge in [0.1, 0.15) is 0 Å². The molecule has 1 aromatic carbocycles. The first-order valence-electron chi connectivity index (χ1n) is 7.95. The molecule has 0 saturated carbocycles. The predicted octanol–water partition coefficient (Wildman–Crippen LogP) is 4.85. The highest BCUT2D eigenvalue weighted by Crippen LogP contribution is 2.37. The van der Waals surface area contributed by atoms with Crippen molar-refractivity contribution >= 4 is 5.91 Å². The molecule has 0 fully saturated rings. The molecule has 0 heterocycles. The highest BCUT2D eigenvalue weighted by molar-refractivity contribution is 5.76. The van der Waals surface area contributed by atoms with Gasteiger partial charge < -0.3 is 4.90 Å². The van der Waals surface area contributed by atoms with Crippen molar-refractivity contribution in [2.45, 2.75) is 66.3 Å². The van der Waals surface area contributed by atoms with Crippen molar-refractivity contribution in [1.82, 2.24) is 4.90 Å². The number of rotatable bonds is 5. The summed E-state index contributed by atoms with van der Waals surface area (Å²) in [5.41, 5.74) is 1.22. The molecule has 0 aliphatic rings. The van der Waals surface area contributed by atoms with Crippen molar-refractivity contribution < 1.29 is 4.79 Å². The van der Waals surface area contributed by atoms with E-state index in [2.05, 4.69) is 65.8 Å². The first kappa shape index (κ1) is 17.7. The van der Waals surface area contributed by atoms with Gasteiger partial charge in [-0.2, -0.15) is 0 Å². The molecule has 1 aromatic rings. The Bertz CT molecular complexity index is 456. The molecular formula is C19H31NO. The van der Waals surface area contributed by atoms with E-state index in [1.54, 1.807) is 0 Å². The maximum absolute atomic E-state index is 12.3. The van der Waals surface area contributed by atoms with Gasteiger partial charge in [0, 0.05) is 18.5 Å². The zero-order valence-electron chi connectivity index (χ0n) is 14.7. The number of hydrogen-bond donors (Lipinski definition) is 0. The third-order valence-corrected chi connectivity index (χ3v) is 4.45. The van der Waals surface area contributed by atoms with E-state index >= 15 is 0 Å². The van der Waals surface area contributed by atoms with Crippen molar-refractivity contribution in [2.75, 3.05) is 6.54 Å². The summed E-state index contributed by atoms with van der Waals surface area (Å²) >= 11 is 0. The Morgan fingerprint density at radius 3 is 2.05 bits per heavy atom. The predicted molar refractivity (Wildman–Crippen MR) is 90.4 cm³/mol. The van der Waals surface area contributed by atoms with E-state index in [1.807, 2.05) is 17.9 Å². The van der Waals surface area contributed by atoms with Crippen LogP contribution in [0.25, 0.3) is 0 Å². The Hall–Kier alpha value is -1.31. The van der Waals surface area contributed by atoms with Crippen molar-refractivity contribution in [2.24, 2.45) is 5.41 Å². The van der Waals surface area contributed by atoms with Gasteiger partial charge in [-0.25, -0.2) is 0 Å². The van der Waals surface area contributed by atoms with Gasteiger partial charge in [-0.15, -0.1) is 0 Å². The van der Waals surface area contributed by atoms with E-state index in [-0.39, 0.29) is 16.9 Å². The lowest BCUT2D eigenvalue weighted by atomic mass is 9.75. The second kappa shape index (κ2) is 6.64. The van der Waals surface area contributed by atoms with Gasteiger partial charge in [-0.1, -0.05) is 58.0 Å². The molecule has 0 spiro atoms. The average Bonchev–Trinajstić information content (AvgIpc) is 2.43. The Kier molecular flexibility index (Phi) is 5.61. The van der Waals surface area contributed by atoms with E-state index < -0.39 is 0 Å². The quantitative estimate of drug-likeness (QED) is 0.758. The van der Waals surface area contributed by atoms with Crippen LogP contribution in [0.2, 0.25) is 0 Å². The molecule has 1 rings (SSSR count). The fraction of sp³-hybridized carbons (Fsp3) is 0.632. The molecule has 0 aliphatic heterocycles. The normalized spacial score (nSPS) is 13.9. The van der Waals surface area contributed by atoms with Gasteiger partial charge in [0.2, 0.25) is 5.91 Å². The molecule has 1 amide bonds. The average molecular weight is 289 g/mol. The summed E-state index contributed by atoms with van der Waals surface area (Å²) in [6, 6.07) is 10.6. The lowest BCUT2D eigenvalue weighted by Crippen LogP contribution is -2.50. The van der Waals surface area contributed by atoms with Crippen molar-refractivity contribution in [3.8, 4) is 0 Å². The summed E-state index contributed by atoms with van der Waals surface area (Å²) < 4.78 is 0. The SMILES string of the molecule is CCC(=O)N(CC(C)(C)C(C)c1ccccc1)C(C)(C)C. The lowest BCUT2D eigenvalue weighted by Gasteiger charge is -2.43. The second-order valence-electron chi connectivity index (χ2n) is 7.63. The number of amides is 1. The molecule has 0 N–H and O–H groups in total. The molecule has 0 aliphatic carbocycles. The van der Waals surface area contributed by atoms with Crippen LogP contribution in [0.1, 0.15) is 66.4 Å². The van der Waals surface area contributed by atoms with E-state index in [0.717, 1.165) is 6.54 Å². The summed E-state index contributed by atoms with van der Waals surface area (Å²) in [6.45, 7) is 15.8. The minimum atomic E-state index is -0.138. The first-order chi connectivity index (χ1) is 9.59. The fourth-order valence-electron chi connectivity index (χ4n) is 2.63. The van der Waals surface area contributed by atoms with E-state index in [1.165, 1.54) is 5.56 Å². The minimum absolute atomic E-state index is 0.0272. The topological polar surface area (TPSA) is 20.3 Å². The summed E-state index contributed by atoms with van der Waals surface area (Å²) in [6.07, 6.45) is 0.563. The number of benzene rings is 1. The maximum Gasteiger partial charge on any atom is 0.222 e. The molecular weight excluding hydrogens is 258 g/mol. The Morgan fingerprint density at radius 2 is 1.62 bits per heavy atom. The third kappa shape index (κ3) is 4.59. The summed E-state index contributed by atoms with van der Waals surface area (Å²) in [5.74, 6) is 0.629. The van der Waals surface area contributed by atoms with E-state index in [9.17, 15) is 4.79 Å². The van der Waals surface area contributed by atoms with Crippen molar-refractivity contribution in [3.63, 3.8) is 0 Å². The molecule has 21 heavy (non-hydrogen) atoms. The minimum Gasteiger partial charge on any atom is -0.337 e. The van der Waals surface area contributed by atoms with Gasteiger partial charge >= 0.3 is 0 Å². The van der Waals surface area contributed by atoms with Gasteiger partial charge in [0.15, 0.2) is 0 Å². The Balaban J connectivity index is 2.98. The van der Waals surface area contributed by atoms with Crippen molar-refractivity contribution in [3.05, 3.63) is 35.9 Å². The van der Waals surface area contributed by atoms with E-state index in [4.69, 9.17) is 0 Å². The standard InChI is InChI=1S/C19H31NO/c1-8-17(21)20(18(3,4)5)14-19(6,7)15(2)16-12-10-9-11-13-16/h9-13,15H,8,14H2,1-7H3. The molecule has 0 bridgehead atoms. The maximum atomic E-state index is 12.3. The van der Waals surface area contributed by atoms with Crippen LogP contribution in [0, 0.1) is 5.41 Å². The number of carbonyl (C=O) groups is 1. The number of hydrogen-bond acceptors (Lipinski definition) is 1. The first-order valence-corrected chi connectivity index (χ1v) is 7.95. The van der Waals surface area contributed by atoms with Crippen molar-refractivity contribution in [1.29, 1.82) is 0 Å². The summed E-state index contributed by atoms with van der Waals surface area (Å²) in [7, 11) is 0. The van der Waals surface area contributed by atoms with E-state index in [0.29, 0.717) is 12.3 Å². The Morgan fingerprint density at radius 1 is 1.10 bits per heavy atom. The second-order valence-corrected chi connectivity index (χ2v) is 7.63. The molecule has 118 valence electrons. The third-order valence-electron chi connectivity index (χ3n) is 4.45. The van der Waals surface area contributed by atoms with Gasteiger partial charge in [0.05, 0.1) is 0 Å². The van der Waals surface area contributed by atoms with Crippen LogP contribution in [0.3, 0.4) is 0 Å². The highest BCUT2D eigenvalue weighted by atomic mass is 16.2. The van der Waals surface area contributed by atoms with Crippen LogP contribution in [-0.4, -0.2) is 22.9 Å². The summed E-state index contributed by atoms with van der Waals surface area (Å²) in [4.78, 5) is 14.4. The molecule has 2 nitrogen and oxygen atoms in total. The highest BCUT2D eigenvalue weighted by Gasteiger charge is 2.35. The monoisotopic (exact) mass is 289 g/mol. The van der Waals surface area contributed by atoms with Gasteiger partial charge in [-0.05, 0) is 37.7 Å². The van der Waals surface area contributed by atoms with Gasteiger partial charge in [-0.3, -0.25) is 4.79 Å². The molecule has 2 heteroatoms. The molecule has 1 atom stereocenters. The van der Waals surface area contributed by atoms with Gasteiger partial charge in [0.25, 0.3) is 0 Å². The van der Waals surface area contributed by atoms with Crippen LogP contribution < -0.4 is 0 Å². The molecule has 0 aromatic heterocycles. The Labute approximate surface area is 130 Å². The number of carbonyl (C=O) groups excluding carboxylic acids is 1. The zero-order chi connectivity index (χ0) is 16.3. The zero-order valence-corrected chi connectivity index (χ0v) is 14.7. The largest absolute Gasteiger partial charge is 0.337 e. The van der Waals surface area contributed by atoms with Crippen LogP contribution in [0.4, 0.5) is 0 Å². The molecule has 0 radical (unpaired) electrons. The lowest BCUT2D eigenvalue weighted by molar-refractivity contribution is -0.137. The van der Waals surface area contributed by atoms with Crippen LogP contribution in [0.15, 0.2) is 30.3 Å². The van der Waals surface area contributed by atoms with Crippen LogP contribution >= 0.6 is 0 Å². The molecule has 0 saturated heterocycles. The smallest absolute Gasteiger partial charge is 0.222 e. The number of nitrogens with zero attached hydrogens (tertiary/aromatic N) is 1. The fourth-order valence-corrected chi connectivity index (χ4v) is 2.63. The van der Waals surface area contributed by atoms with Crippen LogP contribution in [-0.2, 0) is 4.79 Å².